The van der Waals surface area contributed by atoms with E-state index in [-0.39, 0.29) is 37.5 Å². The van der Waals surface area contributed by atoms with Crippen molar-refractivity contribution in [3.05, 3.63) is 161 Å². The van der Waals surface area contributed by atoms with Gasteiger partial charge in [0.05, 0.1) is 0 Å². The van der Waals surface area contributed by atoms with E-state index in [2.05, 4.69) is 159 Å². The number of thiophene rings is 1. The molecule has 0 aliphatic carbocycles. The molecule has 1 aliphatic rings. The van der Waals surface area contributed by atoms with Gasteiger partial charge >= 0.3 is 150 Å². The molecule has 0 saturated heterocycles. The molecule has 0 radical (unpaired) electrons. The Morgan fingerprint density at radius 2 is 1.63 bits per heavy atom. The Kier molecular flexibility index (Phi) is 12.3. The van der Waals surface area contributed by atoms with Crippen LogP contribution in [-0.4, -0.2) is 23.2 Å². The van der Waals surface area contributed by atoms with Crippen molar-refractivity contribution in [1.29, 1.82) is 0 Å². The Bertz CT molecular complexity index is 2780. The van der Waals surface area contributed by atoms with Gasteiger partial charge in [-0.3, -0.25) is 0 Å². The normalized spacial score (nSPS) is 13.9. The third kappa shape index (κ3) is 8.63. The van der Waals surface area contributed by atoms with Crippen LogP contribution >= 0.6 is 11.3 Å². The van der Waals surface area contributed by atoms with Crippen molar-refractivity contribution in [3.63, 3.8) is 0 Å². The molecule has 0 amide bonds. The molecule has 8 heteroatoms. The summed E-state index contributed by atoms with van der Waals surface area (Å²) in [7, 11) is 0. The summed E-state index contributed by atoms with van der Waals surface area (Å²) in [5, 5.41) is 10.2. The van der Waals surface area contributed by atoms with E-state index in [1.54, 1.807) is 23.5 Å². The largest absolute Gasteiger partial charge is 3.00 e. The van der Waals surface area contributed by atoms with Crippen LogP contribution in [0.5, 0.6) is 0 Å². The third-order valence-electron chi connectivity index (χ3n) is 10.9. The number of aromatic nitrogens is 2. The van der Waals surface area contributed by atoms with E-state index in [9.17, 15) is 4.39 Å². The van der Waals surface area contributed by atoms with Gasteiger partial charge in [-0.05, 0) is 64.5 Å². The van der Waals surface area contributed by atoms with E-state index in [1.807, 2.05) is 19.2 Å². The summed E-state index contributed by atoms with van der Waals surface area (Å²) in [6.07, 6.45) is 2.79. The summed E-state index contributed by atoms with van der Waals surface area (Å²) < 4.78 is 16.6. The number of fused-ring (bicyclic) bond motifs is 6. The average Bonchev–Trinajstić information content (AvgIpc) is 3.76. The molecule has 0 saturated carbocycles. The van der Waals surface area contributed by atoms with Crippen LogP contribution in [-0.2, 0) is 31.9 Å². The van der Waals surface area contributed by atoms with Crippen molar-refractivity contribution in [3.8, 4) is 11.3 Å². The molecule has 4 nitrogen and oxygen atoms in total. The van der Waals surface area contributed by atoms with Gasteiger partial charge in [-0.2, -0.15) is 29.5 Å². The van der Waals surface area contributed by atoms with E-state index < -0.39 is 13.3 Å². The van der Waals surface area contributed by atoms with E-state index in [4.69, 9.17) is 10.3 Å². The summed E-state index contributed by atoms with van der Waals surface area (Å²) in [5.41, 5.74) is 9.36. The molecule has 5 aromatic carbocycles. The molecule has 1 atom stereocenters. The maximum atomic E-state index is 13.9. The van der Waals surface area contributed by atoms with Crippen molar-refractivity contribution in [2.45, 2.75) is 76.8 Å². The van der Waals surface area contributed by atoms with Crippen LogP contribution in [0.2, 0.25) is 17.3 Å². The van der Waals surface area contributed by atoms with E-state index >= 15 is 0 Å². The van der Waals surface area contributed by atoms with E-state index in [0.717, 1.165) is 39.6 Å². The molecule has 8 aromatic rings. The summed E-state index contributed by atoms with van der Waals surface area (Å²) in [6.45, 7) is 13.2. The van der Waals surface area contributed by atoms with Crippen LogP contribution < -0.4 is 9.30 Å². The van der Waals surface area contributed by atoms with Gasteiger partial charge < -0.3 is 10.2 Å². The summed E-state index contributed by atoms with van der Waals surface area (Å²) in [4.78, 5) is 12.8. The minimum atomic E-state index is -1.97. The topological polar surface area (TPSA) is 43.1 Å². The smallest absolute Gasteiger partial charge is 0.661 e. The van der Waals surface area contributed by atoms with Crippen molar-refractivity contribution < 1.29 is 24.5 Å². The van der Waals surface area contributed by atoms with Gasteiger partial charge in [0.1, 0.15) is 4.83 Å². The van der Waals surface area contributed by atoms with Crippen molar-refractivity contribution >= 4 is 77.1 Å². The molecular weight excluding hydrogens is 984 g/mol. The maximum absolute atomic E-state index is 13.9. The van der Waals surface area contributed by atoms with Gasteiger partial charge in [-0.15, -0.1) is 16.6 Å². The number of anilines is 2. The molecule has 1 aliphatic heterocycles. The van der Waals surface area contributed by atoms with Crippen LogP contribution in [0.1, 0.15) is 63.2 Å². The zero-order valence-electron chi connectivity index (χ0n) is 35.2. The Morgan fingerprint density at radius 1 is 0.864 bits per heavy atom. The fourth-order valence-electron chi connectivity index (χ4n) is 7.94. The SMILES string of the molecule is CC(C)Cc1cc(-c2[c-]cccc2F)nc[c]1[Ge]([CH3])([CH3])[CH3].Cc1ccc2c(n1)sc1c(C3[N-]c4c(ccc5ccccc45)N3c3ccc(C(C)(C)C)cc3)[c-]ccc12.[Ir+3]. The Morgan fingerprint density at radius 3 is 2.34 bits per heavy atom. The molecule has 9 rings (SSSR count). The monoisotopic (exact) mass is 1040 g/mol. The summed E-state index contributed by atoms with van der Waals surface area (Å²) >= 11 is -0.223. The minimum Gasteiger partial charge on any atom is -0.661 e. The van der Waals surface area contributed by atoms with Crippen molar-refractivity contribution in [1.82, 2.24) is 9.97 Å². The molecule has 4 heterocycles. The molecule has 1 unspecified atom stereocenters. The Balaban J connectivity index is 0.000000206. The van der Waals surface area contributed by atoms with Crippen LogP contribution in [0.4, 0.5) is 21.5 Å². The summed E-state index contributed by atoms with van der Waals surface area (Å²) in [6, 6.07) is 43.9. The number of hydrogen-bond donors (Lipinski definition) is 0. The average molecular weight is 1030 g/mol. The second kappa shape index (κ2) is 16.9. The van der Waals surface area contributed by atoms with Crippen molar-refractivity contribution in [2.75, 3.05) is 4.90 Å². The standard InChI is InChI=1S/C33H27N3S.C18H23FGeN.Ir/c1-20-12-18-26-25-10-7-11-27(30(25)37-32(26)34-20)31-35-29-24-9-6-5-8-21(24)13-19-28(29)36(31)23-16-14-22(15-17-23)33(2,3)4;1-13(2)10-14-11-18(15-8-6-7-9-16(15)19)21-12-17(14)20(3,4)5;/h5-10,12-19,31H,1-4H3;6-7,9,11-13H,10H2,1-5H3;/q-2;-1;+3. The fraction of sp³-hybridized carbons (Fsp3) is 0.255. The number of pyridine rings is 2. The molecule has 0 spiro atoms. The maximum Gasteiger partial charge on any atom is 3.00 e. The first-order chi connectivity index (χ1) is 27.7. The zero-order valence-corrected chi connectivity index (χ0v) is 40.5. The molecular formula is C51H50FGeIrN4S. The van der Waals surface area contributed by atoms with Gasteiger partial charge in [0.2, 0.25) is 0 Å². The number of benzene rings is 5. The molecule has 0 fully saturated rings. The molecule has 300 valence electrons. The van der Waals surface area contributed by atoms with Crippen LogP contribution in [0, 0.1) is 30.8 Å². The molecule has 3 aromatic heterocycles. The molecule has 59 heavy (non-hydrogen) atoms. The second-order valence-corrected chi connectivity index (χ2v) is 29.4. The quantitative estimate of drug-likeness (QED) is 0.123. The van der Waals surface area contributed by atoms with Gasteiger partial charge in [0.25, 0.3) is 0 Å². The second-order valence-electron chi connectivity index (χ2n) is 17.8. The van der Waals surface area contributed by atoms with E-state index in [1.165, 1.54) is 47.8 Å². The van der Waals surface area contributed by atoms with Gasteiger partial charge in [-0.1, -0.05) is 74.0 Å². The number of halogens is 1. The number of rotatable bonds is 6. The van der Waals surface area contributed by atoms with Gasteiger partial charge in [-0.25, -0.2) is 4.98 Å². The summed E-state index contributed by atoms with van der Waals surface area (Å²) in [5.74, 6) is 7.43. The predicted molar refractivity (Wildman–Crippen MR) is 248 cm³/mol. The zero-order chi connectivity index (χ0) is 40.9. The first-order valence-electron chi connectivity index (χ1n) is 20.2. The fourth-order valence-corrected chi connectivity index (χ4v) is 12.5. The van der Waals surface area contributed by atoms with Gasteiger partial charge in [0.15, 0.2) is 0 Å². The van der Waals surface area contributed by atoms with E-state index in [0.29, 0.717) is 17.2 Å². The van der Waals surface area contributed by atoms with Crippen LogP contribution in [0.3, 0.4) is 0 Å². The number of aryl methyl sites for hydroxylation is 1. The minimum absolute atomic E-state index is 0. The predicted octanol–water partition coefficient (Wildman–Crippen LogP) is 14.3. The third-order valence-corrected chi connectivity index (χ3v) is 16.3. The number of nitrogens with zero attached hydrogens (tertiary/aromatic N) is 4. The van der Waals surface area contributed by atoms with Gasteiger partial charge in [0, 0.05) is 17.1 Å². The van der Waals surface area contributed by atoms with Crippen molar-refractivity contribution in [2.24, 2.45) is 5.92 Å². The first-order valence-corrected chi connectivity index (χ1v) is 28.3. The van der Waals surface area contributed by atoms with Crippen LogP contribution in [0.25, 0.3) is 47.6 Å². The molecule has 0 bridgehead atoms. The van der Waals surface area contributed by atoms with Crippen LogP contribution in [0.15, 0.2) is 115 Å². The first kappa shape index (κ1) is 42.7. The number of hydrogen-bond acceptors (Lipinski definition) is 4. The molecule has 0 N–H and O–H groups in total. The Labute approximate surface area is 369 Å². The Hall–Kier alpha value is -4.40.